The summed E-state index contributed by atoms with van der Waals surface area (Å²) in [5.41, 5.74) is 0. The van der Waals surface area contributed by atoms with Crippen LogP contribution >= 0.6 is 0 Å². The SMILES string of the molecule is CC(=O)NCCNCCCCC#N. The maximum atomic E-state index is 10.4. The number of amides is 1. The standard InChI is InChI=1S/C9H17N3O/c1-9(13)12-8-7-11-6-4-2-3-5-10/h11H,2-4,6-8H2,1H3,(H,12,13). The molecule has 0 aliphatic carbocycles. The van der Waals surface area contributed by atoms with E-state index in [0.717, 1.165) is 25.9 Å². The maximum absolute atomic E-state index is 10.4. The number of hydrogen-bond donors (Lipinski definition) is 2. The van der Waals surface area contributed by atoms with Crippen molar-refractivity contribution in [2.45, 2.75) is 26.2 Å². The van der Waals surface area contributed by atoms with E-state index in [1.54, 1.807) is 0 Å². The molecule has 0 unspecified atom stereocenters. The van der Waals surface area contributed by atoms with Gasteiger partial charge < -0.3 is 10.6 Å². The number of unbranched alkanes of at least 4 members (excludes halogenated alkanes) is 2. The Morgan fingerprint density at radius 1 is 1.31 bits per heavy atom. The summed E-state index contributed by atoms with van der Waals surface area (Å²) in [6.07, 6.45) is 2.60. The van der Waals surface area contributed by atoms with Gasteiger partial charge in [-0.1, -0.05) is 0 Å². The first-order valence-electron chi connectivity index (χ1n) is 4.59. The van der Waals surface area contributed by atoms with E-state index in [2.05, 4.69) is 16.7 Å². The predicted molar refractivity (Wildman–Crippen MR) is 51.0 cm³/mol. The smallest absolute Gasteiger partial charge is 0.216 e. The van der Waals surface area contributed by atoms with E-state index in [1.807, 2.05) is 0 Å². The van der Waals surface area contributed by atoms with Crippen molar-refractivity contribution in [1.29, 1.82) is 5.26 Å². The Balaban J connectivity index is 2.92. The van der Waals surface area contributed by atoms with Gasteiger partial charge in [0.2, 0.25) is 5.91 Å². The normalized spacial score (nSPS) is 9.23. The molecule has 0 atom stereocenters. The van der Waals surface area contributed by atoms with Gasteiger partial charge in [0.25, 0.3) is 0 Å². The number of hydrogen-bond acceptors (Lipinski definition) is 3. The second-order valence-corrected chi connectivity index (χ2v) is 2.85. The lowest BCUT2D eigenvalue weighted by Gasteiger charge is -2.03. The molecule has 0 radical (unpaired) electrons. The van der Waals surface area contributed by atoms with Gasteiger partial charge in [-0.05, 0) is 19.4 Å². The van der Waals surface area contributed by atoms with Crippen molar-refractivity contribution in [3.63, 3.8) is 0 Å². The lowest BCUT2D eigenvalue weighted by molar-refractivity contribution is -0.118. The molecule has 4 heteroatoms. The number of carbonyl (C=O) groups excluding carboxylic acids is 1. The molecule has 2 N–H and O–H groups in total. The zero-order valence-electron chi connectivity index (χ0n) is 8.10. The third kappa shape index (κ3) is 10.9. The highest BCUT2D eigenvalue weighted by molar-refractivity contribution is 5.72. The molecule has 0 spiro atoms. The van der Waals surface area contributed by atoms with Crippen LogP contribution in [0.15, 0.2) is 0 Å². The highest BCUT2D eigenvalue weighted by Gasteiger charge is 1.90. The molecule has 13 heavy (non-hydrogen) atoms. The van der Waals surface area contributed by atoms with Crippen LogP contribution in [0.4, 0.5) is 0 Å². The largest absolute Gasteiger partial charge is 0.355 e. The van der Waals surface area contributed by atoms with Crippen LogP contribution in [-0.2, 0) is 4.79 Å². The third-order valence-electron chi connectivity index (χ3n) is 1.57. The number of rotatable bonds is 7. The number of nitrogens with one attached hydrogen (secondary N) is 2. The minimum Gasteiger partial charge on any atom is -0.355 e. The van der Waals surface area contributed by atoms with Crippen LogP contribution in [0, 0.1) is 11.3 Å². The predicted octanol–water partition coefficient (Wildman–Crippen LogP) is 0.406. The van der Waals surface area contributed by atoms with Crippen molar-refractivity contribution >= 4 is 5.91 Å². The van der Waals surface area contributed by atoms with Crippen LogP contribution in [0.3, 0.4) is 0 Å². The highest BCUT2D eigenvalue weighted by Crippen LogP contribution is 1.90. The molecule has 74 valence electrons. The molecule has 0 aromatic carbocycles. The van der Waals surface area contributed by atoms with Gasteiger partial charge in [-0.15, -0.1) is 0 Å². The van der Waals surface area contributed by atoms with Crippen LogP contribution in [0.1, 0.15) is 26.2 Å². The maximum Gasteiger partial charge on any atom is 0.216 e. The molecule has 0 saturated carbocycles. The Morgan fingerprint density at radius 2 is 2.08 bits per heavy atom. The van der Waals surface area contributed by atoms with Crippen LogP contribution < -0.4 is 10.6 Å². The lowest BCUT2D eigenvalue weighted by atomic mass is 10.2. The second-order valence-electron chi connectivity index (χ2n) is 2.85. The summed E-state index contributed by atoms with van der Waals surface area (Å²) in [6, 6.07) is 2.10. The first-order chi connectivity index (χ1) is 6.27. The minimum atomic E-state index is 0.00582. The van der Waals surface area contributed by atoms with Gasteiger partial charge >= 0.3 is 0 Å². The van der Waals surface area contributed by atoms with E-state index in [9.17, 15) is 4.79 Å². The van der Waals surface area contributed by atoms with Crippen LogP contribution in [0.25, 0.3) is 0 Å². The zero-order valence-corrected chi connectivity index (χ0v) is 8.10. The summed E-state index contributed by atoms with van der Waals surface area (Å²) in [5.74, 6) is 0.00582. The van der Waals surface area contributed by atoms with Crippen molar-refractivity contribution in [3.05, 3.63) is 0 Å². The molecular weight excluding hydrogens is 166 g/mol. The molecule has 0 bridgehead atoms. The molecule has 4 nitrogen and oxygen atoms in total. The van der Waals surface area contributed by atoms with E-state index >= 15 is 0 Å². The van der Waals surface area contributed by atoms with Gasteiger partial charge in [-0.25, -0.2) is 0 Å². The van der Waals surface area contributed by atoms with E-state index < -0.39 is 0 Å². The van der Waals surface area contributed by atoms with Crippen LogP contribution in [0.2, 0.25) is 0 Å². The molecule has 0 fully saturated rings. The Kier molecular flexibility index (Phi) is 8.26. The van der Waals surface area contributed by atoms with E-state index in [4.69, 9.17) is 5.26 Å². The Morgan fingerprint density at radius 3 is 2.69 bits per heavy atom. The number of carbonyl (C=O) groups is 1. The highest BCUT2D eigenvalue weighted by atomic mass is 16.1. The topological polar surface area (TPSA) is 64.9 Å². The molecule has 1 amide bonds. The number of nitrogens with zero attached hydrogens (tertiary/aromatic N) is 1. The molecule has 0 aliphatic rings. The summed E-state index contributed by atoms with van der Waals surface area (Å²) in [6.45, 7) is 3.90. The van der Waals surface area contributed by atoms with Gasteiger partial charge in [0.15, 0.2) is 0 Å². The Labute approximate surface area is 79.3 Å². The molecule has 0 heterocycles. The average Bonchev–Trinajstić information content (AvgIpc) is 2.09. The fraction of sp³-hybridized carbons (Fsp3) is 0.778. The van der Waals surface area contributed by atoms with Gasteiger partial charge in [0, 0.05) is 26.4 Å². The zero-order chi connectivity index (χ0) is 9.94. The van der Waals surface area contributed by atoms with Crippen molar-refractivity contribution in [3.8, 4) is 6.07 Å². The third-order valence-corrected chi connectivity index (χ3v) is 1.57. The number of nitriles is 1. The summed E-state index contributed by atoms with van der Waals surface area (Å²) in [4.78, 5) is 10.4. The van der Waals surface area contributed by atoms with E-state index in [-0.39, 0.29) is 5.91 Å². The van der Waals surface area contributed by atoms with Crippen molar-refractivity contribution in [1.82, 2.24) is 10.6 Å². The molecular formula is C9H17N3O. The van der Waals surface area contributed by atoms with Gasteiger partial charge in [0.1, 0.15) is 0 Å². The van der Waals surface area contributed by atoms with Crippen LogP contribution in [-0.4, -0.2) is 25.5 Å². The molecule has 0 rings (SSSR count). The van der Waals surface area contributed by atoms with E-state index in [0.29, 0.717) is 13.0 Å². The lowest BCUT2D eigenvalue weighted by Crippen LogP contribution is -2.30. The van der Waals surface area contributed by atoms with Gasteiger partial charge in [-0.3, -0.25) is 4.79 Å². The molecule has 0 aromatic rings. The Bertz CT molecular complexity index is 174. The van der Waals surface area contributed by atoms with E-state index in [1.165, 1.54) is 6.92 Å². The average molecular weight is 183 g/mol. The second kappa shape index (κ2) is 9.01. The van der Waals surface area contributed by atoms with Gasteiger partial charge in [0.05, 0.1) is 6.07 Å². The van der Waals surface area contributed by atoms with Crippen molar-refractivity contribution in [2.75, 3.05) is 19.6 Å². The fourth-order valence-electron chi connectivity index (χ4n) is 0.906. The summed E-state index contributed by atoms with van der Waals surface area (Å²) in [5, 5.41) is 14.1. The molecule has 0 aromatic heterocycles. The van der Waals surface area contributed by atoms with Crippen molar-refractivity contribution < 1.29 is 4.79 Å². The first kappa shape index (κ1) is 11.9. The summed E-state index contributed by atoms with van der Waals surface area (Å²) < 4.78 is 0. The monoisotopic (exact) mass is 183 g/mol. The first-order valence-corrected chi connectivity index (χ1v) is 4.59. The summed E-state index contributed by atoms with van der Waals surface area (Å²) >= 11 is 0. The summed E-state index contributed by atoms with van der Waals surface area (Å²) in [7, 11) is 0. The quantitative estimate of drug-likeness (QED) is 0.562. The van der Waals surface area contributed by atoms with Crippen molar-refractivity contribution in [2.24, 2.45) is 0 Å². The molecule has 0 saturated heterocycles. The van der Waals surface area contributed by atoms with Crippen LogP contribution in [0.5, 0.6) is 0 Å². The minimum absolute atomic E-state index is 0.00582. The molecule has 0 aliphatic heterocycles. The Hall–Kier alpha value is -1.08. The fourth-order valence-corrected chi connectivity index (χ4v) is 0.906. The van der Waals surface area contributed by atoms with Gasteiger partial charge in [-0.2, -0.15) is 5.26 Å².